The van der Waals surface area contributed by atoms with E-state index in [1.165, 1.54) is 0 Å². The molecule has 0 unspecified atom stereocenters. The van der Waals surface area contributed by atoms with Gasteiger partial charge in [-0.15, -0.1) is 0 Å². The van der Waals surface area contributed by atoms with Gasteiger partial charge in [0.1, 0.15) is 5.82 Å². The summed E-state index contributed by atoms with van der Waals surface area (Å²) in [6.07, 6.45) is 1.89. The molecular weight excluding hydrogens is 354 g/mol. The minimum absolute atomic E-state index is 0.154. The van der Waals surface area contributed by atoms with Crippen LogP contribution in [0.1, 0.15) is 5.56 Å². The van der Waals surface area contributed by atoms with E-state index in [-0.39, 0.29) is 12.3 Å². The number of anilines is 1. The highest BCUT2D eigenvalue weighted by Crippen LogP contribution is 2.34. The fraction of sp³-hybridized carbons (Fsp3) is 0.158. The van der Waals surface area contributed by atoms with Gasteiger partial charge in [0.15, 0.2) is 11.5 Å². The number of hydrogen-bond acceptors (Lipinski definition) is 4. The number of H-pyrrole nitrogens is 1. The molecule has 1 heterocycles. The maximum Gasteiger partial charge on any atom is 0.229 e. The molecule has 3 aromatic rings. The maximum absolute atomic E-state index is 12.3. The third-order valence-electron chi connectivity index (χ3n) is 3.88. The monoisotopic (exact) mass is 371 g/mol. The Labute approximate surface area is 156 Å². The highest BCUT2D eigenvalue weighted by atomic mass is 35.5. The number of carbonyl (C=O) groups excluding carboxylic acids is 1. The summed E-state index contributed by atoms with van der Waals surface area (Å²) in [6.45, 7) is 0. The highest BCUT2D eigenvalue weighted by molar-refractivity contribution is 6.30. The molecule has 26 heavy (non-hydrogen) atoms. The fourth-order valence-corrected chi connectivity index (χ4v) is 2.70. The lowest BCUT2D eigenvalue weighted by Crippen LogP contribution is -2.15. The minimum Gasteiger partial charge on any atom is -0.493 e. The normalized spacial score (nSPS) is 10.4. The zero-order chi connectivity index (χ0) is 18.5. The van der Waals surface area contributed by atoms with Crippen molar-refractivity contribution in [2.45, 2.75) is 6.42 Å². The number of benzene rings is 2. The molecule has 2 aromatic carbocycles. The van der Waals surface area contributed by atoms with Gasteiger partial charge in [0.2, 0.25) is 5.91 Å². The number of amides is 1. The number of ether oxygens (including phenoxy) is 2. The number of hydrogen-bond donors (Lipinski definition) is 2. The van der Waals surface area contributed by atoms with E-state index in [9.17, 15) is 4.79 Å². The fourth-order valence-electron chi connectivity index (χ4n) is 2.58. The molecule has 1 aromatic heterocycles. The van der Waals surface area contributed by atoms with Gasteiger partial charge in [-0.1, -0.05) is 29.8 Å². The first-order chi connectivity index (χ1) is 12.6. The van der Waals surface area contributed by atoms with Crippen molar-refractivity contribution in [1.29, 1.82) is 0 Å². The first-order valence-corrected chi connectivity index (χ1v) is 8.28. The lowest BCUT2D eigenvalue weighted by Gasteiger charge is -2.10. The van der Waals surface area contributed by atoms with Crippen molar-refractivity contribution >= 4 is 23.3 Å². The summed E-state index contributed by atoms with van der Waals surface area (Å²) in [5.41, 5.74) is 2.48. The summed E-state index contributed by atoms with van der Waals surface area (Å²) in [7, 11) is 3.16. The van der Waals surface area contributed by atoms with Crippen LogP contribution in [0.15, 0.2) is 48.7 Å². The van der Waals surface area contributed by atoms with Crippen LogP contribution in [0, 0.1) is 0 Å². The standard InChI is InChI=1S/C19H18ClN3O3/c1-25-16-8-5-13(10-17(16)26-2)15-11-21-23-19(15)22-18(24)9-12-3-6-14(20)7-4-12/h3-8,10-11H,9H2,1-2H3,(H2,21,22,23,24). The molecule has 3 rings (SSSR count). The zero-order valence-electron chi connectivity index (χ0n) is 14.4. The molecule has 0 radical (unpaired) electrons. The minimum atomic E-state index is -0.154. The molecule has 0 aliphatic heterocycles. The Morgan fingerprint density at radius 2 is 1.85 bits per heavy atom. The summed E-state index contributed by atoms with van der Waals surface area (Å²) in [6, 6.07) is 12.7. The Bertz CT molecular complexity index is 907. The van der Waals surface area contributed by atoms with Crippen molar-refractivity contribution in [2.75, 3.05) is 19.5 Å². The van der Waals surface area contributed by atoms with E-state index in [4.69, 9.17) is 21.1 Å². The number of rotatable bonds is 6. The number of halogens is 1. The summed E-state index contributed by atoms with van der Waals surface area (Å²) >= 11 is 5.87. The van der Waals surface area contributed by atoms with Crippen molar-refractivity contribution in [3.05, 3.63) is 59.2 Å². The van der Waals surface area contributed by atoms with Crippen molar-refractivity contribution in [3.63, 3.8) is 0 Å². The molecule has 2 N–H and O–H groups in total. The third-order valence-corrected chi connectivity index (χ3v) is 4.13. The Morgan fingerprint density at radius 1 is 1.12 bits per heavy atom. The molecule has 134 valence electrons. The summed E-state index contributed by atoms with van der Waals surface area (Å²) < 4.78 is 10.6. The van der Waals surface area contributed by atoms with Gasteiger partial charge in [0.25, 0.3) is 0 Å². The van der Waals surface area contributed by atoms with Crippen LogP contribution in [-0.4, -0.2) is 30.3 Å². The largest absolute Gasteiger partial charge is 0.493 e. The average Bonchev–Trinajstić information content (AvgIpc) is 3.11. The number of nitrogens with zero attached hydrogens (tertiary/aromatic N) is 1. The topological polar surface area (TPSA) is 76.2 Å². The van der Waals surface area contributed by atoms with Gasteiger partial charge < -0.3 is 14.8 Å². The molecule has 0 aliphatic rings. The van der Waals surface area contributed by atoms with Crippen LogP contribution in [0.3, 0.4) is 0 Å². The quantitative estimate of drug-likeness (QED) is 0.688. The first-order valence-electron chi connectivity index (χ1n) is 7.90. The molecule has 7 heteroatoms. The Morgan fingerprint density at radius 3 is 2.54 bits per heavy atom. The number of aromatic amines is 1. The SMILES string of the molecule is COc1ccc(-c2cn[nH]c2NC(=O)Cc2ccc(Cl)cc2)cc1OC. The van der Waals surface area contributed by atoms with Crippen LogP contribution in [0.25, 0.3) is 11.1 Å². The van der Waals surface area contributed by atoms with Gasteiger partial charge >= 0.3 is 0 Å². The van der Waals surface area contributed by atoms with Crippen LogP contribution in [0.4, 0.5) is 5.82 Å². The molecule has 0 saturated carbocycles. The number of aromatic nitrogens is 2. The van der Waals surface area contributed by atoms with E-state index in [2.05, 4.69) is 15.5 Å². The van der Waals surface area contributed by atoms with Crippen molar-refractivity contribution < 1.29 is 14.3 Å². The van der Waals surface area contributed by atoms with Gasteiger partial charge in [-0.3, -0.25) is 9.89 Å². The van der Waals surface area contributed by atoms with E-state index in [1.807, 2.05) is 24.3 Å². The molecule has 0 saturated heterocycles. The van der Waals surface area contributed by atoms with E-state index in [1.54, 1.807) is 38.6 Å². The van der Waals surface area contributed by atoms with E-state index in [0.717, 1.165) is 16.7 Å². The second-order valence-corrected chi connectivity index (χ2v) is 6.02. The van der Waals surface area contributed by atoms with Crippen molar-refractivity contribution in [1.82, 2.24) is 10.2 Å². The lowest BCUT2D eigenvalue weighted by molar-refractivity contribution is -0.115. The lowest BCUT2D eigenvalue weighted by atomic mass is 10.1. The molecule has 0 spiro atoms. The molecule has 0 fully saturated rings. The Kier molecular flexibility index (Phi) is 5.43. The molecule has 0 aliphatic carbocycles. The second kappa shape index (κ2) is 7.93. The first kappa shape index (κ1) is 17.8. The van der Waals surface area contributed by atoms with Gasteiger partial charge in [-0.25, -0.2) is 0 Å². The number of nitrogens with one attached hydrogen (secondary N) is 2. The maximum atomic E-state index is 12.3. The van der Waals surface area contributed by atoms with Gasteiger partial charge in [0.05, 0.1) is 26.8 Å². The summed E-state index contributed by atoms with van der Waals surface area (Å²) in [4.78, 5) is 12.3. The summed E-state index contributed by atoms with van der Waals surface area (Å²) in [5.74, 6) is 1.60. The average molecular weight is 372 g/mol. The third kappa shape index (κ3) is 3.97. The highest BCUT2D eigenvalue weighted by Gasteiger charge is 2.14. The molecule has 0 atom stereocenters. The second-order valence-electron chi connectivity index (χ2n) is 5.58. The Hall–Kier alpha value is -2.99. The molecule has 6 nitrogen and oxygen atoms in total. The summed E-state index contributed by atoms with van der Waals surface area (Å²) in [5, 5.41) is 10.4. The smallest absolute Gasteiger partial charge is 0.229 e. The zero-order valence-corrected chi connectivity index (χ0v) is 15.1. The molecule has 0 bridgehead atoms. The number of methoxy groups -OCH3 is 2. The van der Waals surface area contributed by atoms with Crippen molar-refractivity contribution in [3.8, 4) is 22.6 Å². The van der Waals surface area contributed by atoms with Crippen LogP contribution >= 0.6 is 11.6 Å². The van der Waals surface area contributed by atoms with E-state index in [0.29, 0.717) is 22.3 Å². The molecular formula is C19H18ClN3O3. The van der Waals surface area contributed by atoms with Crippen LogP contribution in [0.2, 0.25) is 5.02 Å². The van der Waals surface area contributed by atoms with Crippen LogP contribution in [0.5, 0.6) is 11.5 Å². The van der Waals surface area contributed by atoms with E-state index < -0.39 is 0 Å². The van der Waals surface area contributed by atoms with Gasteiger partial charge in [-0.2, -0.15) is 5.10 Å². The van der Waals surface area contributed by atoms with Gasteiger partial charge in [0, 0.05) is 10.6 Å². The van der Waals surface area contributed by atoms with E-state index >= 15 is 0 Å². The predicted molar refractivity (Wildman–Crippen MR) is 101 cm³/mol. The number of carbonyl (C=O) groups is 1. The van der Waals surface area contributed by atoms with Crippen LogP contribution < -0.4 is 14.8 Å². The predicted octanol–water partition coefficient (Wildman–Crippen LogP) is 3.93. The van der Waals surface area contributed by atoms with Gasteiger partial charge in [-0.05, 0) is 35.4 Å². The molecule has 1 amide bonds. The Balaban J connectivity index is 1.78. The van der Waals surface area contributed by atoms with Crippen molar-refractivity contribution in [2.24, 2.45) is 0 Å². The van der Waals surface area contributed by atoms with Crippen LogP contribution in [-0.2, 0) is 11.2 Å².